The number of non-ortho nitro benzene ring substituents is 1. The fourth-order valence-electron chi connectivity index (χ4n) is 3.85. The molecule has 2 amide bonds. The minimum atomic E-state index is -1.38. The van der Waals surface area contributed by atoms with E-state index in [9.17, 15) is 34.4 Å². The van der Waals surface area contributed by atoms with Gasteiger partial charge in [0.25, 0.3) is 5.69 Å². The molecule has 0 bridgehead atoms. The monoisotopic (exact) mass is 461 g/mol. The zero-order valence-corrected chi connectivity index (χ0v) is 17.8. The molecule has 1 aromatic carbocycles. The van der Waals surface area contributed by atoms with Crippen molar-refractivity contribution in [1.29, 1.82) is 0 Å². The Kier molecular flexibility index (Phi) is 6.65. The Bertz CT molecular complexity index is 993. The van der Waals surface area contributed by atoms with Crippen molar-refractivity contribution >= 4 is 29.6 Å². The number of nitro benzene ring substituents is 1. The summed E-state index contributed by atoms with van der Waals surface area (Å²) in [6.07, 6.45) is -0.610. The van der Waals surface area contributed by atoms with Crippen molar-refractivity contribution in [3.63, 3.8) is 0 Å². The zero-order valence-electron chi connectivity index (χ0n) is 17.8. The maximum Gasteiger partial charge on any atom is 0.408 e. The number of hydrogen-bond donors (Lipinski definition) is 2. The largest absolute Gasteiger partial charge is 0.465 e. The number of esters is 2. The number of nitrogens with one attached hydrogen (secondary N) is 1. The van der Waals surface area contributed by atoms with Gasteiger partial charge in [-0.1, -0.05) is 6.08 Å². The average Bonchev–Trinajstić information content (AvgIpc) is 3.33. The van der Waals surface area contributed by atoms with Gasteiger partial charge in [-0.2, -0.15) is 0 Å². The number of benzene rings is 1. The Morgan fingerprint density at radius 2 is 2.00 bits per heavy atom. The Balaban J connectivity index is 1.69. The van der Waals surface area contributed by atoms with E-state index in [-0.39, 0.29) is 36.7 Å². The molecule has 0 radical (unpaired) electrons. The molecule has 2 aliphatic rings. The third-order valence-corrected chi connectivity index (χ3v) is 5.68. The minimum absolute atomic E-state index is 0.0449. The molecule has 1 aliphatic heterocycles. The van der Waals surface area contributed by atoms with E-state index in [2.05, 4.69) is 11.9 Å². The van der Waals surface area contributed by atoms with Crippen molar-refractivity contribution in [2.24, 2.45) is 5.92 Å². The average molecular weight is 461 g/mol. The summed E-state index contributed by atoms with van der Waals surface area (Å²) in [7, 11) is 0. The Labute approximate surface area is 188 Å². The van der Waals surface area contributed by atoms with Gasteiger partial charge >= 0.3 is 18.0 Å². The summed E-state index contributed by atoms with van der Waals surface area (Å²) in [5.41, 5.74) is -1.44. The molecule has 1 saturated heterocycles. The first-order valence-corrected chi connectivity index (χ1v) is 10.2. The molecule has 0 spiro atoms. The molecular formula is C21H23N3O9. The fraction of sp³-hybridized carbons (Fsp3) is 0.429. The summed E-state index contributed by atoms with van der Waals surface area (Å²) in [4.78, 5) is 60.3. The molecular weight excluding hydrogens is 438 g/mol. The molecule has 12 heteroatoms. The third-order valence-electron chi connectivity index (χ3n) is 5.68. The molecule has 12 nitrogen and oxygen atoms in total. The normalized spacial score (nSPS) is 25.6. The summed E-state index contributed by atoms with van der Waals surface area (Å²) in [6, 6.07) is 3.55. The number of nitrogens with zero attached hydrogens (tertiary/aromatic N) is 2. The summed E-state index contributed by atoms with van der Waals surface area (Å²) in [5.74, 6) is -2.47. The van der Waals surface area contributed by atoms with E-state index in [0.717, 1.165) is 17.0 Å². The van der Waals surface area contributed by atoms with Gasteiger partial charge in [-0.25, -0.2) is 14.4 Å². The van der Waals surface area contributed by atoms with Crippen molar-refractivity contribution in [1.82, 2.24) is 10.2 Å². The van der Waals surface area contributed by atoms with Gasteiger partial charge in [0.05, 0.1) is 23.6 Å². The second-order valence-corrected chi connectivity index (χ2v) is 7.75. The molecule has 176 valence electrons. The molecule has 2 fully saturated rings. The lowest BCUT2D eigenvalue weighted by molar-refractivity contribution is -0.384. The maximum absolute atomic E-state index is 12.9. The first kappa shape index (κ1) is 23.7. The van der Waals surface area contributed by atoms with Gasteiger partial charge in [-0.15, -0.1) is 6.58 Å². The minimum Gasteiger partial charge on any atom is -0.465 e. The van der Waals surface area contributed by atoms with Crippen molar-refractivity contribution in [3.05, 3.63) is 52.6 Å². The van der Waals surface area contributed by atoms with Gasteiger partial charge in [0.1, 0.15) is 17.7 Å². The van der Waals surface area contributed by atoms with E-state index in [0.29, 0.717) is 6.42 Å². The summed E-state index contributed by atoms with van der Waals surface area (Å²) >= 11 is 0. The standard InChI is InChI=1S/C21H23N3O9/c1-3-13-10-21(13,19(27)32-4-2)22-17(25)16-9-15(11-23(16)20(28)29)33-18(26)12-5-7-14(8-6-12)24(30)31/h3,5-8,13,15-16H,1,4,9-11H2,2H3,(H,22,25)(H,28,29). The highest BCUT2D eigenvalue weighted by atomic mass is 16.6. The van der Waals surface area contributed by atoms with Crippen molar-refractivity contribution in [2.75, 3.05) is 13.2 Å². The molecule has 4 atom stereocenters. The first-order chi connectivity index (χ1) is 15.6. The number of ether oxygens (including phenoxy) is 2. The van der Waals surface area contributed by atoms with Gasteiger partial charge in [0.15, 0.2) is 0 Å². The lowest BCUT2D eigenvalue weighted by Gasteiger charge is -2.23. The van der Waals surface area contributed by atoms with Crippen LogP contribution in [0.4, 0.5) is 10.5 Å². The van der Waals surface area contributed by atoms with Crippen LogP contribution in [-0.4, -0.2) is 69.7 Å². The van der Waals surface area contributed by atoms with Crippen LogP contribution in [0.2, 0.25) is 0 Å². The predicted molar refractivity (Wildman–Crippen MR) is 111 cm³/mol. The van der Waals surface area contributed by atoms with E-state index >= 15 is 0 Å². The number of carbonyl (C=O) groups is 4. The van der Waals surface area contributed by atoms with Crippen LogP contribution in [0, 0.1) is 16.0 Å². The Morgan fingerprint density at radius 1 is 1.33 bits per heavy atom. The summed E-state index contributed by atoms with van der Waals surface area (Å²) < 4.78 is 10.4. The van der Waals surface area contributed by atoms with E-state index in [4.69, 9.17) is 9.47 Å². The molecule has 1 saturated carbocycles. The molecule has 33 heavy (non-hydrogen) atoms. The predicted octanol–water partition coefficient (Wildman–Crippen LogP) is 1.50. The first-order valence-electron chi connectivity index (χ1n) is 10.2. The van der Waals surface area contributed by atoms with E-state index < -0.39 is 46.5 Å². The molecule has 4 unspecified atom stereocenters. The number of likely N-dealkylation sites (tertiary alicyclic amines) is 1. The van der Waals surface area contributed by atoms with Gasteiger partial charge in [0, 0.05) is 24.5 Å². The molecule has 1 aromatic rings. The molecule has 1 aliphatic carbocycles. The van der Waals surface area contributed by atoms with Gasteiger partial charge in [-0.3, -0.25) is 19.8 Å². The fourth-order valence-corrected chi connectivity index (χ4v) is 3.85. The highest BCUT2D eigenvalue weighted by Gasteiger charge is 2.62. The van der Waals surface area contributed by atoms with Crippen LogP contribution in [0.15, 0.2) is 36.9 Å². The van der Waals surface area contributed by atoms with E-state index in [1.807, 2.05) is 0 Å². The number of hydrogen-bond acceptors (Lipinski definition) is 8. The molecule has 2 N–H and O–H groups in total. The molecule has 1 heterocycles. The lowest BCUT2D eigenvalue weighted by Crippen LogP contribution is -2.53. The number of carboxylic acid groups (broad SMARTS) is 1. The number of rotatable bonds is 8. The second-order valence-electron chi connectivity index (χ2n) is 7.75. The van der Waals surface area contributed by atoms with Gasteiger partial charge in [-0.05, 0) is 25.5 Å². The topological polar surface area (TPSA) is 165 Å². The lowest BCUT2D eigenvalue weighted by atomic mass is 10.1. The number of amides is 2. The van der Waals surface area contributed by atoms with Crippen LogP contribution in [-0.2, 0) is 19.1 Å². The highest BCUT2D eigenvalue weighted by molar-refractivity contribution is 5.95. The molecule has 0 aromatic heterocycles. The SMILES string of the molecule is C=CC1CC1(NC(=O)C1CC(OC(=O)c2ccc([N+](=O)[O-])cc2)CN1C(=O)O)C(=O)OCC. The second kappa shape index (κ2) is 9.27. The number of carbonyl (C=O) groups excluding carboxylic acids is 3. The quantitative estimate of drug-likeness (QED) is 0.252. The van der Waals surface area contributed by atoms with E-state index in [1.165, 1.54) is 18.2 Å². The molecule has 3 rings (SSSR count). The van der Waals surface area contributed by atoms with Crippen LogP contribution < -0.4 is 5.32 Å². The number of nitro groups is 1. The van der Waals surface area contributed by atoms with Crippen molar-refractivity contribution < 1.29 is 38.7 Å². The summed E-state index contributed by atoms with van der Waals surface area (Å²) in [6.45, 7) is 5.14. The zero-order chi connectivity index (χ0) is 24.3. The Morgan fingerprint density at radius 3 is 2.52 bits per heavy atom. The third kappa shape index (κ3) is 4.78. The summed E-state index contributed by atoms with van der Waals surface area (Å²) in [5, 5.41) is 22.9. The van der Waals surface area contributed by atoms with Crippen molar-refractivity contribution in [3.8, 4) is 0 Å². The van der Waals surface area contributed by atoms with Gasteiger partial charge < -0.3 is 19.9 Å². The Hall–Kier alpha value is -3.96. The van der Waals surface area contributed by atoms with Gasteiger partial charge in [0.2, 0.25) is 5.91 Å². The smallest absolute Gasteiger partial charge is 0.408 e. The highest BCUT2D eigenvalue weighted by Crippen LogP contribution is 2.45. The van der Waals surface area contributed by atoms with Crippen LogP contribution in [0.3, 0.4) is 0 Å². The van der Waals surface area contributed by atoms with E-state index in [1.54, 1.807) is 6.92 Å². The maximum atomic E-state index is 12.9. The van der Waals surface area contributed by atoms with Crippen LogP contribution in [0.25, 0.3) is 0 Å². The van der Waals surface area contributed by atoms with Crippen LogP contribution >= 0.6 is 0 Å². The van der Waals surface area contributed by atoms with Crippen LogP contribution in [0.1, 0.15) is 30.1 Å². The van der Waals surface area contributed by atoms with Crippen molar-refractivity contribution in [2.45, 2.75) is 37.5 Å². The van der Waals surface area contributed by atoms with Crippen LogP contribution in [0.5, 0.6) is 0 Å².